The summed E-state index contributed by atoms with van der Waals surface area (Å²) in [5, 5.41) is 28.6. The number of fused-ring (bicyclic) bond motifs is 39. The van der Waals surface area contributed by atoms with Gasteiger partial charge in [0.05, 0.1) is 118 Å². The number of rotatable bonds is 8. The highest BCUT2D eigenvalue weighted by molar-refractivity contribution is 6.34. The standard InChI is InChI=1S/2C46H28N4.C40H24N4/c1-2-13-29(14-3-1)30-15-12-16-31(27-30)49-38-23-10-8-21-36(38)43-40(49)25-26-41-44(43)37-22-9-11-24-39(37)50(41)42-28-47-45-34-19-6-4-17-32(34)33-18-5-7-20-35(33)46(45)48-42;1-2-12-29(13-3-1)30-22-24-31(25-23-30)49-38-20-10-8-18-36(38)43-40(49)26-27-41-44(43)37-19-9-11-21-39(37)50(41)42-28-47-45-34-16-6-4-14-32(34)33-15-5-7-17-35(33)46(45)48-42;1-2-12-25(13-3-1)43-32-20-10-8-18-30(32)37-34(43)22-23-35-38(37)31-19-9-11-21-33(31)44(35)36-24-41-39-28-16-6-4-14-26(28)27-15-5-7-17-29(27)40(39)42-36/h2*1-28H;1-24H. The van der Waals surface area contributed by atoms with Crippen molar-refractivity contribution >= 4 is 229 Å². The first-order valence-corrected chi connectivity index (χ1v) is 49.0. The molecule has 0 aliphatic rings. The van der Waals surface area contributed by atoms with E-state index in [2.05, 4.69) is 495 Å². The smallest absolute Gasteiger partial charge is 0.156 e. The van der Waals surface area contributed by atoms with E-state index in [1.165, 1.54) is 152 Å². The Labute approximate surface area is 822 Å². The van der Waals surface area contributed by atoms with Crippen LogP contribution in [0.25, 0.3) is 285 Å². The van der Waals surface area contributed by atoms with Gasteiger partial charge in [-0.1, -0.05) is 358 Å². The van der Waals surface area contributed by atoms with Gasteiger partial charge in [0.2, 0.25) is 0 Å². The van der Waals surface area contributed by atoms with Crippen LogP contribution in [0.3, 0.4) is 0 Å². The Morgan fingerprint density at radius 1 is 0.125 bits per heavy atom. The molecule has 0 aliphatic heterocycles. The van der Waals surface area contributed by atoms with E-state index in [9.17, 15) is 0 Å². The average Bonchev–Trinajstić information content (AvgIpc) is 1.55. The highest BCUT2D eigenvalue weighted by Gasteiger charge is 2.28. The van der Waals surface area contributed by atoms with E-state index in [0.717, 1.165) is 133 Å². The molecular weight excluding hydrogens is 1750 g/mol. The van der Waals surface area contributed by atoms with E-state index in [1.807, 2.05) is 18.6 Å². The second-order valence-electron chi connectivity index (χ2n) is 37.4. The fourth-order valence-electron chi connectivity index (χ4n) is 23.8. The molecule has 32 rings (SSSR count). The molecule has 0 unspecified atom stereocenters. The first-order chi connectivity index (χ1) is 71.5. The Morgan fingerprint density at radius 2 is 0.326 bits per heavy atom. The lowest BCUT2D eigenvalue weighted by Gasteiger charge is -2.12. The number of para-hydroxylation sites is 7. The van der Waals surface area contributed by atoms with Crippen LogP contribution in [0.5, 0.6) is 0 Å². The predicted octanol–water partition coefficient (Wildman–Crippen LogP) is 33.7. The molecule has 12 heteroatoms. The van der Waals surface area contributed by atoms with Crippen LogP contribution in [0.15, 0.2) is 486 Å². The van der Waals surface area contributed by atoms with Crippen molar-refractivity contribution in [1.82, 2.24) is 57.3 Å². The van der Waals surface area contributed by atoms with Crippen LogP contribution >= 0.6 is 0 Å². The van der Waals surface area contributed by atoms with Gasteiger partial charge in [0.1, 0.15) is 0 Å². The van der Waals surface area contributed by atoms with Crippen LogP contribution in [0.1, 0.15) is 0 Å². The molecule has 0 amide bonds. The van der Waals surface area contributed by atoms with E-state index in [4.69, 9.17) is 29.9 Å². The van der Waals surface area contributed by atoms with Gasteiger partial charge in [0.15, 0.2) is 17.5 Å². The molecule has 0 radical (unpaired) electrons. The maximum absolute atomic E-state index is 5.43. The van der Waals surface area contributed by atoms with E-state index in [0.29, 0.717) is 0 Å². The summed E-state index contributed by atoms with van der Waals surface area (Å²) in [5.41, 5.74) is 27.6. The topological polar surface area (TPSA) is 107 Å². The summed E-state index contributed by atoms with van der Waals surface area (Å²) in [6.45, 7) is 0. The van der Waals surface area contributed by atoms with Crippen molar-refractivity contribution in [3.05, 3.63) is 486 Å². The molecule has 0 bridgehead atoms. The number of benzene rings is 23. The minimum absolute atomic E-state index is 0.808. The SMILES string of the molecule is c1ccc(-c2ccc(-n3c4ccccc4c4c5c6ccccc6n(-c6cnc7c8ccccc8c8ccccc8c7n6)c5ccc43)cc2)cc1.c1ccc(-c2cccc(-n3c4ccccc4c4c5c6ccccc6n(-c6cnc7c8ccccc8c8ccccc8c7n6)c5ccc43)c2)cc1.c1ccc(-n2c3ccccc3c3c4c5ccccc5n(-c5cnc6c7ccccc7c7ccccc7c6n5)c4ccc32)cc1. The van der Waals surface area contributed by atoms with Crippen LogP contribution in [0, 0.1) is 0 Å². The zero-order valence-corrected chi connectivity index (χ0v) is 77.6. The van der Waals surface area contributed by atoms with Crippen molar-refractivity contribution < 1.29 is 0 Å². The Hall–Kier alpha value is -19.6. The average molecular weight is 1830 g/mol. The lowest BCUT2D eigenvalue weighted by atomic mass is 10.00. The second-order valence-corrected chi connectivity index (χ2v) is 37.4. The molecule has 668 valence electrons. The minimum Gasteiger partial charge on any atom is -0.309 e. The van der Waals surface area contributed by atoms with E-state index in [-0.39, 0.29) is 0 Å². The van der Waals surface area contributed by atoms with Gasteiger partial charge in [-0.3, -0.25) is 28.7 Å². The largest absolute Gasteiger partial charge is 0.309 e. The van der Waals surface area contributed by atoms with E-state index in [1.54, 1.807) is 0 Å². The molecule has 0 fully saturated rings. The first-order valence-electron chi connectivity index (χ1n) is 49.0. The summed E-state index contributed by atoms with van der Waals surface area (Å²) < 4.78 is 14.1. The molecule has 0 spiro atoms. The lowest BCUT2D eigenvalue weighted by molar-refractivity contribution is 1.08. The fourth-order valence-corrected chi connectivity index (χ4v) is 23.8. The van der Waals surface area contributed by atoms with Crippen molar-refractivity contribution in [3.63, 3.8) is 0 Å². The van der Waals surface area contributed by atoms with Crippen LogP contribution in [-0.2, 0) is 0 Å². The molecule has 0 aliphatic carbocycles. The number of nitrogens with zero attached hydrogens (tertiary/aromatic N) is 12. The molecule has 144 heavy (non-hydrogen) atoms. The summed E-state index contributed by atoms with van der Waals surface area (Å²) in [4.78, 5) is 31.6. The van der Waals surface area contributed by atoms with Gasteiger partial charge in [0.25, 0.3) is 0 Å². The maximum Gasteiger partial charge on any atom is 0.156 e. The summed E-state index contributed by atoms with van der Waals surface area (Å²) in [7, 11) is 0. The molecule has 32 aromatic rings. The van der Waals surface area contributed by atoms with Crippen molar-refractivity contribution in [2.24, 2.45) is 0 Å². The van der Waals surface area contributed by atoms with Crippen LogP contribution in [0.4, 0.5) is 0 Å². The quantitative estimate of drug-likeness (QED) is 0.140. The van der Waals surface area contributed by atoms with Gasteiger partial charge in [0, 0.05) is 114 Å². The molecular formula is C132H80N12. The number of hydrogen-bond acceptors (Lipinski definition) is 6. The highest BCUT2D eigenvalue weighted by atomic mass is 15.1. The summed E-state index contributed by atoms with van der Waals surface area (Å²) in [6.07, 6.45) is 5.82. The van der Waals surface area contributed by atoms with Crippen molar-refractivity contribution in [2.75, 3.05) is 0 Å². The van der Waals surface area contributed by atoms with Gasteiger partial charge < -0.3 is 13.7 Å². The third kappa shape index (κ3) is 12.1. The van der Waals surface area contributed by atoms with E-state index < -0.39 is 0 Å². The molecule has 9 aromatic heterocycles. The normalized spacial score (nSPS) is 12.0. The van der Waals surface area contributed by atoms with Crippen molar-refractivity contribution in [2.45, 2.75) is 0 Å². The van der Waals surface area contributed by atoms with Gasteiger partial charge in [-0.15, -0.1) is 0 Å². The molecule has 0 saturated carbocycles. The first kappa shape index (κ1) is 80.5. The van der Waals surface area contributed by atoms with Gasteiger partial charge in [-0.05, 0) is 164 Å². The van der Waals surface area contributed by atoms with E-state index >= 15 is 0 Å². The van der Waals surface area contributed by atoms with Gasteiger partial charge >= 0.3 is 0 Å². The summed E-state index contributed by atoms with van der Waals surface area (Å²) in [5.74, 6) is 2.43. The third-order valence-electron chi connectivity index (χ3n) is 29.8. The highest BCUT2D eigenvalue weighted by Crippen LogP contribution is 2.49. The zero-order chi connectivity index (χ0) is 94.3. The third-order valence-corrected chi connectivity index (χ3v) is 29.8. The van der Waals surface area contributed by atoms with Crippen LogP contribution < -0.4 is 0 Å². The predicted molar refractivity (Wildman–Crippen MR) is 601 cm³/mol. The van der Waals surface area contributed by atoms with Gasteiger partial charge in [-0.2, -0.15) is 0 Å². The maximum atomic E-state index is 5.43. The number of aromatic nitrogens is 12. The summed E-state index contributed by atoms with van der Waals surface area (Å²) in [6, 6.07) is 167. The lowest BCUT2D eigenvalue weighted by Crippen LogP contribution is -2.00. The minimum atomic E-state index is 0.808. The fraction of sp³-hybridized carbons (Fsp3) is 0. The van der Waals surface area contributed by atoms with Crippen LogP contribution in [0.2, 0.25) is 0 Å². The van der Waals surface area contributed by atoms with Gasteiger partial charge in [-0.25, -0.2) is 15.0 Å². The zero-order valence-electron chi connectivity index (χ0n) is 77.6. The Kier molecular flexibility index (Phi) is 17.9. The molecule has 0 saturated heterocycles. The van der Waals surface area contributed by atoms with Crippen molar-refractivity contribution in [3.8, 4) is 56.8 Å². The molecule has 9 heterocycles. The Bertz CT molecular complexity index is 10900. The molecule has 0 N–H and O–H groups in total. The Morgan fingerprint density at radius 3 is 0.625 bits per heavy atom. The van der Waals surface area contributed by atoms with Crippen LogP contribution in [-0.4, -0.2) is 57.3 Å². The number of hydrogen-bond donors (Lipinski definition) is 0. The molecule has 0 atom stereocenters. The molecule has 23 aromatic carbocycles. The molecule has 12 nitrogen and oxygen atoms in total. The Balaban J connectivity index is 0.000000101. The summed E-state index contributed by atoms with van der Waals surface area (Å²) >= 11 is 0. The van der Waals surface area contributed by atoms with Crippen molar-refractivity contribution in [1.29, 1.82) is 0 Å². The second kappa shape index (κ2) is 32.0. The monoisotopic (exact) mass is 1830 g/mol.